The van der Waals surface area contributed by atoms with Gasteiger partial charge >= 0.3 is 0 Å². The Kier molecular flexibility index (Phi) is 4.00. The molecular formula is C9H7BrF2O2. The standard InChI is InChI=1S/C9H7BrF2O2/c10-7-2-1-6(4-13)8(3-7)14-5-9(11)12/h1-4,9H,5H2. The highest BCUT2D eigenvalue weighted by atomic mass is 79.9. The highest BCUT2D eigenvalue weighted by Gasteiger charge is 2.07. The number of hydrogen-bond acceptors (Lipinski definition) is 2. The molecule has 76 valence electrons. The number of alkyl halides is 2. The minimum absolute atomic E-state index is 0.162. The van der Waals surface area contributed by atoms with Gasteiger partial charge in [0.15, 0.2) is 6.29 Å². The van der Waals surface area contributed by atoms with Crippen molar-refractivity contribution in [1.82, 2.24) is 0 Å². The molecule has 0 bridgehead atoms. The molecule has 2 nitrogen and oxygen atoms in total. The monoisotopic (exact) mass is 264 g/mol. The summed E-state index contributed by atoms with van der Waals surface area (Å²) >= 11 is 3.15. The van der Waals surface area contributed by atoms with E-state index in [0.29, 0.717) is 10.8 Å². The topological polar surface area (TPSA) is 26.3 Å². The van der Waals surface area contributed by atoms with Crippen LogP contribution >= 0.6 is 15.9 Å². The fraction of sp³-hybridized carbons (Fsp3) is 0.222. The molecule has 0 spiro atoms. The summed E-state index contributed by atoms with van der Waals surface area (Å²) in [6.45, 7) is -0.711. The molecule has 0 N–H and O–H groups in total. The van der Waals surface area contributed by atoms with Gasteiger partial charge in [0.05, 0.1) is 5.56 Å². The number of hydrogen-bond donors (Lipinski definition) is 0. The number of benzene rings is 1. The fourth-order valence-corrected chi connectivity index (χ4v) is 1.22. The Bertz CT molecular complexity index is 329. The zero-order valence-corrected chi connectivity index (χ0v) is 8.63. The van der Waals surface area contributed by atoms with Gasteiger partial charge in [0.25, 0.3) is 6.43 Å². The maximum absolute atomic E-state index is 11.8. The van der Waals surface area contributed by atoms with Crippen molar-refractivity contribution in [1.29, 1.82) is 0 Å². The van der Waals surface area contributed by atoms with Gasteiger partial charge in [0, 0.05) is 4.47 Å². The summed E-state index contributed by atoms with van der Waals surface area (Å²) in [5.41, 5.74) is 0.258. The van der Waals surface area contributed by atoms with E-state index in [2.05, 4.69) is 15.9 Å². The zero-order chi connectivity index (χ0) is 10.6. The molecule has 0 radical (unpaired) electrons. The summed E-state index contributed by atoms with van der Waals surface area (Å²) in [5.74, 6) is 0.162. The molecule has 0 aliphatic rings. The predicted octanol–water partition coefficient (Wildman–Crippen LogP) is 2.91. The maximum atomic E-state index is 11.8. The van der Waals surface area contributed by atoms with E-state index in [9.17, 15) is 13.6 Å². The Labute approximate surface area is 88.0 Å². The van der Waals surface area contributed by atoms with E-state index in [0.717, 1.165) is 0 Å². The van der Waals surface area contributed by atoms with Crippen LogP contribution in [0.3, 0.4) is 0 Å². The van der Waals surface area contributed by atoms with Gasteiger partial charge in [-0.2, -0.15) is 0 Å². The first-order valence-corrected chi connectivity index (χ1v) is 4.58. The Morgan fingerprint density at radius 3 is 2.79 bits per heavy atom. The first kappa shape index (κ1) is 11.1. The molecule has 0 saturated heterocycles. The highest BCUT2D eigenvalue weighted by molar-refractivity contribution is 9.10. The molecule has 5 heteroatoms. The predicted molar refractivity (Wildman–Crippen MR) is 51.0 cm³/mol. The molecule has 0 heterocycles. The quantitative estimate of drug-likeness (QED) is 0.782. The fourth-order valence-electron chi connectivity index (χ4n) is 0.883. The molecule has 0 aliphatic carbocycles. The third-order valence-corrected chi connectivity index (χ3v) is 1.96. The molecule has 1 aromatic rings. The molecule has 0 unspecified atom stereocenters. The minimum atomic E-state index is -2.55. The van der Waals surface area contributed by atoms with Crippen LogP contribution in [0.15, 0.2) is 22.7 Å². The van der Waals surface area contributed by atoms with Crippen LogP contribution < -0.4 is 4.74 Å². The van der Waals surface area contributed by atoms with Crippen LogP contribution in [0.25, 0.3) is 0 Å². The second kappa shape index (κ2) is 5.05. The normalized spacial score (nSPS) is 10.3. The lowest BCUT2D eigenvalue weighted by atomic mass is 10.2. The summed E-state index contributed by atoms with van der Waals surface area (Å²) in [4.78, 5) is 10.5. The van der Waals surface area contributed by atoms with Crippen LogP contribution in [0.4, 0.5) is 8.78 Å². The second-order valence-electron chi connectivity index (χ2n) is 2.50. The zero-order valence-electron chi connectivity index (χ0n) is 7.04. The van der Waals surface area contributed by atoms with Gasteiger partial charge in [-0.05, 0) is 18.2 Å². The third kappa shape index (κ3) is 3.06. The molecule has 0 amide bonds. The van der Waals surface area contributed by atoms with Crippen LogP contribution in [0.5, 0.6) is 5.75 Å². The summed E-state index contributed by atoms with van der Waals surface area (Å²) in [6, 6.07) is 4.61. The molecule has 14 heavy (non-hydrogen) atoms. The van der Waals surface area contributed by atoms with E-state index in [4.69, 9.17) is 4.74 Å². The largest absolute Gasteiger partial charge is 0.487 e. The molecule has 0 saturated carbocycles. The summed E-state index contributed by atoms with van der Waals surface area (Å²) in [6.07, 6.45) is -1.98. The Balaban J connectivity index is 2.82. The lowest BCUT2D eigenvalue weighted by Gasteiger charge is -2.07. The van der Waals surface area contributed by atoms with E-state index in [1.54, 1.807) is 6.07 Å². The van der Waals surface area contributed by atoms with Crippen molar-refractivity contribution in [3.05, 3.63) is 28.2 Å². The van der Waals surface area contributed by atoms with E-state index < -0.39 is 13.0 Å². The Morgan fingerprint density at radius 2 is 2.21 bits per heavy atom. The molecule has 0 aromatic heterocycles. The Hall–Kier alpha value is -0.970. The van der Waals surface area contributed by atoms with Gasteiger partial charge in [-0.15, -0.1) is 0 Å². The van der Waals surface area contributed by atoms with Crippen molar-refractivity contribution in [3.8, 4) is 5.75 Å². The first-order valence-electron chi connectivity index (χ1n) is 3.79. The van der Waals surface area contributed by atoms with Crippen LogP contribution in [0, 0.1) is 0 Å². The average Bonchev–Trinajstić information content (AvgIpc) is 2.15. The van der Waals surface area contributed by atoms with Gasteiger partial charge in [-0.3, -0.25) is 4.79 Å². The van der Waals surface area contributed by atoms with Crippen LogP contribution in [0.2, 0.25) is 0 Å². The number of rotatable bonds is 4. The number of carbonyl (C=O) groups is 1. The van der Waals surface area contributed by atoms with Crippen molar-refractivity contribution in [2.75, 3.05) is 6.61 Å². The van der Waals surface area contributed by atoms with E-state index in [1.165, 1.54) is 12.1 Å². The van der Waals surface area contributed by atoms with Gasteiger partial charge in [-0.1, -0.05) is 15.9 Å². The van der Waals surface area contributed by atoms with Crippen LogP contribution in [-0.4, -0.2) is 19.3 Å². The van der Waals surface area contributed by atoms with Crippen molar-refractivity contribution < 1.29 is 18.3 Å². The molecule has 1 rings (SSSR count). The molecule has 1 aromatic carbocycles. The second-order valence-corrected chi connectivity index (χ2v) is 3.42. The summed E-state index contributed by atoms with van der Waals surface area (Å²) in [7, 11) is 0. The van der Waals surface area contributed by atoms with Crippen molar-refractivity contribution in [2.24, 2.45) is 0 Å². The maximum Gasteiger partial charge on any atom is 0.272 e. The lowest BCUT2D eigenvalue weighted by molar-refractivity contribution is 0.0809. The van der Waals surface area contributed by atoms with Crippen LogP contribution in [-0.2, 0) is 0 Å². The van der Waals surface area contributed by atoms with E-state index in [-0.39, 0.29) is 11.3 Å². The first-order chi connectivity index (χ1) is 6.63. The summed E-state index contributed by atoms with van der Waals surface area (Å²) in [5, 5.41) is 0. The van der Waals surface area contributed by atoms with Crippen molar-refractivity contribution in [2.45, 2.75) is 6.43 Å². The van der Waals surface area contributed by atoms with Crippen molar-refractivity contribution >= 4 is 22.2 Å². The number of aldehydes is 1. The van der Waals surface area contributed by atoms with Gasteiger partial charge in [-0.25, -0.2) is 8.78 Å². The number of ether oxygens (including phenoxy) is 1. The van der Waals surface area contributed by atoms with Gasteiger partial charge < -0.3 is 4.74 Å². The highest BCUT2D eigenvalue weighted by Crippen LogP contribution is 2.22. The number of carbonyl (C=O) groups excluding carboxylic acids is 1. The molecule has 0 fully saturated rings. The van der Waals surface area contributed by atoms with Gasteiger partial charge in [0.2, 0.25) is 0 Å². The minimum Gasteiger partial charge on any atom is -0.487 e. The summed E-state index contributed by atoms with van der Waals surface area (Å²) < 4.78 is 29.1. The smallest absolute Gasteiger partial charge is 0.272 e. The van der Waals surface area contributed by atoms with Crippen LogP contribution in [0.1, 0.15) is 10.4 Å². The molecule has 0 atom stereocenters. The molecule has 0 aliphatic heterocycles. The van der Waals surface area contributed by atoms with E-state index >= 15 is 0 Å². The van der Waals surface area contributed by atoms with E-state index in [1.807, 2.05) is 0 Å². The van der Waals surface area contributed by atoms with Crippen molar-refractivity contribution in [3.63, 3.8) is 0 Å². The third-order valence-electron chi connectivity index (χ3n) is 1.47. The lowest BCUT2D eigenvalue weighted by Crippen LogP contribution is -2.08. The van der Waals surface area contributed by atoms with Gasteiger partial charge in [0.1, 0.15) is 12.4 Å². The average molecular weight is 265 g/mol. The SMILES string of the molecule is O=Cc1ccc(Br)cc1OCC(F)F. The molecular weight excluding hydrogens is 258 g/mol. The number of halogens is 3. The Morgan fingerprint density at radius 1 is 1.50 bits per heavy atom.